The molecule has 1 N–H and O–H groups in total. The number of carbonyl (C=O) groups excluding carboxylic acids is 2. The zero-order valence-electron chi connectivity index (χ0n) is 17.9. The summed E-state index contributed by atoms with van der Waals surface area (Å²) < 4.78 is 45.5. The van der Waals surface area contributed by atoms with Crippen molar-refractivity contribution >= 4 is 11.9 Å². The third kappa shape index (κ3) is 4.22. The molecular formula is C22H25F3N4O3. The Bertz CT molecular complexity index is 1010. The molecule has 2 aliphatic rings. The molecule has 2 heterocycles. The second-order valence-corrected chi connectivity index (χ2v) is 9.07. The number of cyclic esters (lactones) is 1. The lowest BCUT2D eigenvalue weighted by atomic mass is 9.63. The van der Waals surface area contributed by atoms with E-state index in [1.165, 1.54) is 12.1 Å². The Kier molecular flexibility index (Phi) is 5.50. The van der Waals surface area contributed by atoms with E-state index in [4.69, 9.17) is 4.74 Å². The van der Waals surface area contributed by atoms with Crippen LogP contribution in [0.5, 0.6) is 0 Å². The lowest BCUT2D eigenvalue weighted by Gasteiger charge is -2.42. The molecule has 0 spiro atoms. The molecule has 1 unspecified atom stereocenters. The molecule has 172 valence electrons. The fourth-order valence-corrected chi connectivity index (χ4v) is 4.22. The van der Waals surface area contributed by atoms with Crippen LogP contribution in [-0.2, 0) is 38.0 Å². The lowest BCUT2D eigenvalue weighted by Crippen LogP contribution is -2.54. The van der Waals surface area contributed by atoms with Gasteiger partial charge in [0.05, 0.1) is 29.3 Å². The van der Waals surface area contributed by atoms with Crippen LogP contribution in [0.2, 0.25) is 0 Å². The molecule has 1 saturated carbocycles. The first-order valence-corrected chi connectivity index (χ1v) is 10.6. The highest BCUT2D eigenvalue weighted by Gasteiger charge is 2.47. The highest BCUT2D eigenvalue weighted by Crippen LogP contribution is 2.45. The number of esters is 1. The molecule has 7 nitrogen and oxygen atoms in total. The second-order valence-electron chi connectivity index (χ2n) is 9.07. The van der Waals surface area contributed by atoms with Crippen molar-refractivity contribution in [2.45, 2.75) is 75.7 Å². The summed E-state index contributed by atoms with van der Waals surface area (Å²) in [5, 5.41) is 11.3. The van der Waals surface area contributed by atoms with E-state index in [2.05, 4.69) is 15.6 Å². The molecule has 1 aliphatic heterocycles. The van der Waals surface area contributed by atoms with Gasteiger partial charge < -0.3 is 10.1 Å². The van der Waals surface area contributed by atoms with Crippen LogP contribution in [0.3, 0.4) is 0 Å². The summed E-state index contributed by atoms with van der Waals surface area (Å²) in [5.74, 6) is -0.468. The van der Waals surface area contributed by atoms with Crippen LogP contribution in [0.1, 0.15) is 62.8 Å². The van der Waals surface area contributed by atoms with Crippen molar-refractivity contribution in [3.63, 3.8) is 0 Å². The van der Waals surface area contributed by atoms with Crippen molar-refractivity contribution in [2.75, 3.05) is 0 Å². The molecule has 1 amide bonds. The van der Waals surface area contributed by atoms with Crippen LogP contribution in [0.4, 0.5) is 13.2 Å². The molecule has 1 aromatic carbocycles. The number of nitrogens with one attached hydrogen (secondary N) is 1. The maximum absolute atomic E-state index is 13.3. The van der Waals surface area contributed by atoms with Crippen LogP contribution in [0.15, 0.2) is 30.5 Å². The van der Waals surface area contributed by atoms with E-state index in [1.807, 2.05) is 0 Å². The number of hydrogen-bond acceptors (Lipinski definition) is 5. The first-order chi connectivity index (χ1) is 15.0. The fraction of sp³-hybridized carbons (Fsp3) is 0.545. The smallest absolute Gasteiger partial charge is 0.416 e. The first kappa shape index (κ1) is 22.3. The normalized spacial score (nSPS) is 20.5. The Morgan fingerprint density at radius 3 is 2.47 bits per heavy atom. The Morgan fingerprint density at radius 2 is 1.94 bits per heavy atom. The summed E-state index contributed by atoms with van der Waals surface area (Å²) in [4.78, 5) is 24.6. The van der Waals surface area contributed by atoms with Gasteiger partial charge in [0.15, 0.2) is 0 Å². The molecule has 0 bridgehead atoms. The van der Waals surface area contributed by atoms with Crippen LogP contribution >= 0.6 is 0 Å². The summed E-state index contributed by atoms with van der Waals surface area (Å²) in [5.41, 5.74) is -1.32. The Morgan fingerprint density at radius 1 is 1.25 bits per heavy atom. The maximum Gasteiger partial charge on any atom is 0.416 e. The third-order valence-electron chi connectivity index (χ3n) is 6.37. The number of halogens is 3. The summed E-state index contributed by atoms with van der Waals surface area (Å²) in [6.07, 6.45) is 0.0260. The van der Waals surface area contributed by atoms with Crippen molar-refractivity contribution in [3.05, 3.63) is 47.3 Å². The van der Waals surface area contributed by atoms with Crippen molar-refractivity contribution in [3.8, 4) is 0 Å². The van der Waals surface area contributed by atoms with Gasteiger partial charge in [-0.25, -0.2) is 4.68 Å². The largest absolute Gasteiger partial charge is 0.460 e. The van der Waals surface area contributed by atoms with Crippen molar-refractivity contribution in [1.82, 2.24) is 20.3 Å². The zero-order chi connectivity index (χ0) is 23.1. The predicted molar refractivity (Wildman–Crippen MR) is 107 cm³/mol. The SMILES string of the molecule is CC(C)(NC(=O)C1(c2ccc(C(F)(F)F)cc2)CCC1)c1cn(CC2CCC(=O)O2)nn1. The monoisotopic (exact) mass is 450 g/mol. The van der Waals surface area contributed by atoms with Gasteiger partial charge in [0, 0.05) is 6.42 Å². The van der Waals surface area contributed by atoms with Crippen LogP contribution in [-0.4, -0.2) is 33.0 Å². The molecule has 1 aliphatic carbocycles. The number of benzene rings is 1. The Hall–Kier alpha value is -2.91. The molecule has 4 rings (SSSR count). The highest BCUT2D eigenvalue weighted by molar-refractivity contribution is 5.89. The minimum absolute atomic E-state index is 0.225. The number of rotatable bonds is 6. The van der Waals surface area contributed by atoms with Gasteiger partial charge in [0.1, 0.15) is 11.8 Å². The third-order valence-corrected chi connectivity index (χ3v) is 6.37. The van der Waals surface area contributed by atoms with Gasteiger partial charge in [-0.2, -0.15) is 13.2 Å². The maximum atomic E-state index is 13.3. The Balaban J connectivity index is 1.47. The molecule has 0 radical (unpaired) electrons. The topological polar surface area (TPSA) is 86.1 Å². The van der Waals surface area contributed by atoms with Gasteiger partial charge in [0.2, 0.25) is 5.91 Å². The van der Waals surface area contributed by atoms with Gasteiger partial charge in [-0.05, 0) is 50.8 Å². The average molecular weight is 450 g/mol. The van der Waals surface area contributed by atoms with E-state index in [0.29, 0.717) is 43.5 Å². The number of ether oxygens (including phenoxy) is 1. The average Bonchev–Trinajstić information content (AvgIpc) is 3.30. The molecule has 32 heavy (non-hydrogen) atoms. The number of nitrogens with zero attached hydrogens (tertiary/aromatic N) is 3. The van der Waals surface area contributed by atoms with Gasteiger partial charge in [-0.1, -0.05) is 23.8 Å². The standard InChI is InChI=1S/C22H25F3N4O3/c1-20(2,17-13-29(28-27-17)12-16-8-9-18(30)32-16)26-19(31)21(10-3-11-21)14-4-6-15(7-5-14)22(23,24)25/h4-7,13,16H,3,8-12H2,1-2H3,(H,26,31). The summed E-state index contributed by atoms with van der Waals surface area (Å²) in [7, 11) is 0. The van der Waals surface area contributed by atoms with Gasteiger partial charge >= 0.3 is 12.1 Å². The van der Waals surface area contributed by atoms with E-state index in [-0.39, 0.29) is 18.0 Å². The second kappa shape index (κ2) is 7.90. The van der Waals surface area contributed by atoms with Crippen LogP contribution < -0.4 is 5.32 Å². The van der Waals surface area contributed by atoms with E-state index in [0.717, 1.165) is 18.6 Å². The number of hydrogen-bond donors (Lipinski definition) is 1. The van der Waals surface area contributed by atoms with Gasteiger partial charge in [-0.3, -0.25) is 9.59 Å². The number of amides is 1. The highest BCUT2D eigenvalue weighted by atomic mass is 19.4. The zero-order valence-corrected chi connectivity index (χ0v) is 17.9. The van der Waals surface area contributed by atoms with Crippen molar-refractivity contribution in [1.29, 1.82) is 0 Å². The van der Waals surface area contributed by atoms with Crippen LogP contribution in [0, 0.1) is 0 Å². The van der Waals surface area contributed by atoms with Crippen molar-refractivity contribution < 1.29 is 27.5 Å². The fourth-order valence-electron chi connectivity index (χ4n) is 4.22. The molecule has 1 aromatic heterocycles. The Labute approximate surface area is 183 Å². The summed E-state index contributed by atoms with van der Waals surface area (Å²) in [6.45, 7) is 3.99. The predicted octanol–water partition coefficient (Wildman–Crippen LogP) is 3.48. The first-order valence-electron chi connectivity index (χ1n) is 10.6. The van der Waals surface area contributed by atoms with Crippen molar-refractivity contribution in [2.24, 2.45) is 0 Å². The molecule has 1 saturated heterocycles. The number of alkyl halides is 3. The van der Waals surface area contributed by atoms with Gasteiger partial charge in [0.25, 0.3) is 0 Å². The molecule has 10 heteroatoms. The summed E-state index contributed by atoms with van der Waals surface area (Å²) in [6, 6.07) is 4.84. The minimum atomic E-state index is -4.42. The molecular weight excluding hydrogens is 425 g/mol. The minimum Gasteiger partial charge on any atom is -0.460 e. The van der Waals surface area contributed by atoms with E-state index in [1.54, 1.807) is 24.7 Å². The number of carbonyl (C=O) groups is 2. The molecule has 2 aromatic rings. The molecule has 2 fully saturated rings. The van der Waals surface area contributed by atoms with E-state index in [9.17, 15) is 22.8 Å². The quantitative estimate of drug-likeness (QED) is 0.681. The van der Waals surface area contributed by atoms with Crippen LogP contribution in [0.25, 0.3) is 0 Å². The van der Waals surface area contributed by atoms with Gasteiger partial charge in [-0.15, -0.1) is 5.10 Å². The lowest BCUT2D eigenvalue weighted by molar-refractivity contribution is -0.142. The van der Waals surface area contributed by atoms with E-state index >= 15 is 0 Å². The number of aromatic nitrogens is 3. The molecule has 1 atom stereocenters. The summed E-state index contributed by atoms with van der Waals surface area (Å²) >= 11 is 0. The van der Waals surface area contributed by atoms with E-state index < -0.39 is 22.7 Å².